The zero-order valence-electron chi connectivity index (χ0n) is 14.3. The van der Waals surface area contributed by atoms with Gasteiger partial charge in [0, 0.05) is 5.69 Å². The number of nitrogens with one attached hydrogen (secondary N) is 1. The Balaban J connectivity index is 1.81. The molecule has 0 unspecified atom stereocenters. The number of methoxy groups -OCH3 is 1. The van der Waals surface area contributed by atoms with Gasteiger partial charge in [0.25, 0.3) is 0 Å². The number of rotatable bonds is 8. The molecule has 0 aliphatic carbocycles. The van der Waals surface area contributed by atoms with E-state index in [9.17, 15) is 9.59 Å². The third-order valence-corrected chi connectivity index (χ3v) is 3.34. The first-order valence-corrected chi connectivity index (χ1v) is 7.97. The van der Waals surface area contributed by atoms with E-state index in [1.807, 2.05) is 12.1 Å². The minimum absolute atomic E-state index is 0.182. The predicted molar refractivity (Wildman–Crippen MR) is 94.1 cm³/mol. The fourth-order valence-electron chi connectivity index (χ4n) is 2.12. The highest BCUT2D eigenvalue weighted by Crippen LogP contribution is 2.25. The lowest BCUT2D eigenvalue weighted by Crippen LogP contribution is -2.15. The van der Waals surface area contributed by atoms with Crippen LogP contribution in [-0.4, -0.2) is 32.2 Å². The molecule has 0 aliphatic heterocycles. The monoisotopic (exact) mass is 343 g/mol. The average molecular weight is 343 g/mol. The Bertz CT molecular complexity index is 712. The van der Waals surface area contributed by atoms with Gasteiger partial charge in [0.2, 0.25) is 5.91 Å². The number of benzene rings is 2. The third-order valence-electron chi connectivity index (χ3n) is 3.34. The largest absolute Gasteiger partial charge is 0.493 e. The van der Waals surface area contributed by atoms with E-state index in [1.54, 1.807) is 50.4 Å². The van der Waals surface area contributed by atoms with Crippen molar-refractivity contribution in [3.63, 3.8) is 0 Å². The molecule has 1 amide bonds. The number of amides is 1. The van der Waals surface area contributed by atoms with E-state index in [-0.39, 0.29) is 24.9 Å². The topological polar surface area (TPSA) is 73.9 Å². The number of anilines is 1. The first-order chi connectivity index (χ1) is 12.1. The molecule has 0 saturated carbocycles. The van der Waals surface area contributed by atoms with Crippen molar-refractivity contribution in [1.29, 1.82) is 0 Å². The minimum atomic E-state index is -0.384. The summed E-state index contributed by atoms with van der Waals surface area (Å²) >= 11 is 0. The molecule has 6 nitrogen and oxygen atoms in total. The minimum Gasteiger partial charge on any atom is -0.493 e. The summed E-state index contributed by atoms with van der Waals surface area (Å²) in [6.07, 6.45) is 0.192. The van der Waals surface area contributed by atoms with Gasteiger partial charge in [-0.05, 0) is 43.3 Å². The first kappa shape index (κ1) is 18.3. The maximum Gasteiger partial charge on any atom is 0.338 e. The van der Waals surface area contributed by atoms with Gasteiger partial charge in [0.05, 0.1) is 32.3 Å². The molecule has 132 valence electrons. The lowest BCUT2D eigenvalue weighted by Gasteiger charge is -2.10. The van der Waals surface area contributed by atoms with Crippen LogP contribution in [-0.2, 0) is 9.53 Å². The number of carbonyl (C=O) groups is 2. The Morgan fingerprint density at radius 1 is 1.00 bits per heavy atom. The van der Waals surface area contributed by atoms with E-state index in [2.05, 4.69) is 5.32 Å². The second kappa shape index (κ2) is 9.32. The number of para-hydroxylation sites is 2. The van der Waals surface area contributed by atoms with Gasteiger partial charge in [-0.2, -0.15) is 0 Å². The molecule has 0 bridgehead atoms. The van der Waals surface area contributed by atoms with Crippen LogP contribution in [0.2, 0.25) is 0 Å². The van der Waals surface area contributed by atoms with Crippen LogP contribution in [0.1, 0.15) is 23.7 Å². The Kier molecular flexibility index (Phi) is 6.83. The lowest BCUT2D eigenvalue weighted by atomic mass is 10.2. The molecule has 0 saturated heterocycles. The van der Waals surface area contributed by atoms with Gasteiger partial charge in [-0.25, -0.2) is 4.79 Å². The van der Waals surface area contributed by atoms with Crippen molar-refractivity contribution in [3.05, 3.63) is 54.1 Å². The van der Waals surface area contributed by atoms with Crippen LogP contribution in [0.25, 0.3) is 0 Å². The average Bonchev–Trinajstić information content (AvgIpc) is 2.63. The second-order valence-corrected chi connectivity index (χ2v) is 5.10. The van der Waals surface area contributed by atoms with Gasteiger partial charge < -0.3 is 19.5 Å². The number of carbonyl (C=O) groups excluding carboxylic acids is 2. The zero-order chi connectivity index (χ0) is 18.1. The molecule has 2 aromatic rings. The Morgan fingerprint density at radius 3 is 2.32 bits per heavy atom. The van der Waals surface area contributed by atoms with Gasteiger partial charge in [-0.3, -0.25) is 4.79 Å². The Hall–Kier alpha value is -3.02. The van der Waals surface area contributed by atoms with Crippen LogP contribution < -0.4 is 14.8 Å². The maximum absolute atomic E-state index is 12.0. The molecule has 0 aromatic heterocycles. The fraction of sp³-hybridized carbons (Fsp3) is 0.263. The van der Waals surface area contributed by atoms with Crippen molar-refractivity contribution in [1.82, 2.24) is 0 Å². The molecule has 0 radical (unpaired) electrons. The Labute approximate surface area is 146 Å². The molecule has 2 rings (SSSR count). The molecule has 25 heavy (non-hydrogen) atoms. The van der Waals surface area contributed by atoms with Crippen LogP contribution in [0.3, 0.4) is 0 Å². The molecular formula is C19H21NO5. The van der Waals surface area contributed by atoms with E-state index >= 15 is 0 Å². The highest BCUT2D eigenvalue weighted by molar-refractivity contribution is 5.93. The number of hydrogen-bond donors (Lipinski definition) is 1. The van der Waals surface area contributed by atoms with Gasteiger partial charge >= 0.3 is 5.97 Å². The second-order valence-electron chi connectivity index (χ2n) is 5.10. The van der Waals surface area contributed by atoms with Crippen molar-refractivity contribution < 1.29 is 23.8 Å². The lowest BCUT2D eigenvalue weighted by molar-refractivity contribution is -0.116. The van der Waals surface area contributed by atoms with Gasteiger partial charge in [0.1, 0.15) is 0 Å². The quantitative estimate of drug-likeness (QED) is 0.745. The maximum atomic E-state index is 12.0. The standard InChI is InChI=1S/C19H21NO5/c1-3-24-19(22)14-8-10-15(11-9-14)20-18(21)12-13-25-17-7-5-4-6-16(17)23-2/h4-11H,3,12-13H2,1-2H3,(H,20,21). The van der Waals surface area contributed by atoms with E-state index in [4.69, 9.17) is 14.2 Å². The molecule has 1 N–H and O–H groups in total. The predicted octanol–water partition coefficient (Wildman–Crippen LogP) is 3.28. The molecule has 6 heteroatoms. The molecule has 0 heterocycles. The van der Waals surface area contributed by atoms with E-state index in [1.165, 1.54) is 0 Å². The highest BCUT2D eigenvalue weighted by atomic mass is 16.5. The van der Waals surface area contributed by atoms with Crippen LogP contribution in [0.4, 0.5) is 5.69 Å². The van der Waals surface area contributed by atoms with Gasteiger partial charge in [-0.1, -0.05) is 12.1 Å². The molecule has 0 atom stereocenters. The summed E-state index contributed by atoms with van der Waals surface area (Å²) in [4.78, 5) is 23.5. The van der Waals surface area contributed by atoms with E-state index < -0.39 is 0 Å². The summed E-state index contributed by atoms with van der Waals surface area (Å²) < 4.78 is 15.7. The van der Waals surface area contributed by atoms with Crippen LogP contribution in [0, 0.1) is 0 Å². The van der Waals surface area contributed by atoms with Gasteiger partial charge in [0.15, 0.2) is 11.5 Å². The SMILES string of the molecule is CCOC(=O)c1ccc(NC(=O)CCOc2ccccc2OC)cc1. The van der Waals surface area contributed by atoms with Crippen molar-refractivity contribution in [3.8, 4) is 11.5 Å². The fourth-order valence-corrected chi connectivity index (χ4v) is 2.12. The normalized spacial score (nSPS) is 10.0. The summed E-state index contributed by atoms with van der Waals surface area (Å²) in [5.41, 5.74) is 1.05. The number of ether oxygens (including phenoxy) is 3. The van der Waals surface area contributed by atoms with E-state index in [0.717, 1.165) is 0 Å². The first-order valence-electron chi connectivity index (χ1n) is 7.97. The third kappa shape index (κ3) is 5.53. The van der Waals surface area contributed by atoms with Crippen molar-refractivity contribution in [2.45, 2.75) is 13.3 Å². The van der Waals surface area contributed by atoms with Gasteiger partial charge in [-0.15, -0.1) is 0 Å². The van der Waals surface area contributed by atoms with E-state index in [0.29, 0.717) is 29.4 Å². The molecular weight excluding hydrogens is 322 g/mol. The number of esters is 1. The molecule has 0 aliphatic rings. The molecule has 0 spiro atoms. The van der Waals surface area contributed by atoms with Crippen LogP contribution in [0.15, 0.2) is 48.5 Å². The summed E-state index contributed by atoms with van der Waals surface area (Å²) in [6.45, 7) is 2.30. The van der Waals surface area contributed by atoms with Crippen molar-refractivity contribution in [2.24, 2.45) is 0 Å². The zero-order valence-corrected chi connectivity index (χ0v) is 14.3. The summed E-state index contributed by atoms with van der Waals surface area (Å²) in [5, 5.41) is 2.75. The Morgan fingerprint density at radius 2 is 1.68 bits per heavy atom. The van der Waals surface area contributed by atoms with Crippen molar-refractivity contribution in [2.75, 3.05) is 25.6 Å². The summed E-state index contributed by atoms with van der Waals surface area (Å²) in [7, 11) is 1.56. The summed E-state index contributed by atoms with van der Waals surface area (Å²) in [5.74, 6) is 0.651. The van der Waals surface area contributed by atoms with Crippen LogP contribution in [0.5, 0.6) is 11.5 Å². The molecule has 2 aromatic carbocycles. The smallest absolute Gasteiger partial charge is 0.338 e. The number of hydrogen-bond acceptors (Lipinski definition) is 5. The highest BCUT2D eigenvalue weighted by Gasteiger charge is 2.08. The summed E-state index contributed by atoms with van der Waals surface area (Å²) in [6, 6.07) is 13.8. The van der Waals surface area contributed by atoms with Crippen LogP contribution >= 0.6 is 0 Å². The molecule has 0 fully saturated rings. The van der Waals surface area contributed by atoms with Crippen molar-refractivity contribution >= 4 is 17.6 Å².